The lowest BCUT2D eigenvalue weighted by molar-refractivity contribution is 0.0525. The first-order valence-corrected chi connectivity index (χ1v) is 8.16. The summed E-state index contributed by atoms with van der Waals surface area (Å²) >= 11 is 0. The summed E-state index contributed by atoms with van der Waals surface area (Å²) in [4.78, 5) is 29.4. The van der Waals surface area contributed by atoms with E-state index in [-0.39, 0.29) is 24.8 Å². The zero-order chi connectivity index (χ0) is 18.6. The number of hydrogen-bond donors (Lipinski definition) is 1. The molecule has 0 radical (unpaired) electrons. The number of ether oxygens (including phenoxy) is 1. The number of Topliss-reactive ketones (excluding diaryl/α,β-unsaturated/α-hetero) is 1. The van der Waals surface area contributed by atoms with Crippen LogP contribution < -0.4 is 0 Å². The molecule has 0 atom stereocenters. The molecular weight excluding hydrogens is 323 g/mol. The molecule has 5 nitrogen and oxygen atoms in total. The monoisotopic (exact) mass is 346 g/mol. The second-order valence-corrected chi connectivity index (χ2v) is 6.07. The average Bonchev–Trinajstić information content (AvgIpc) is 2.84. The number of hydrogen-bond acceptors (Lipinski definition) is 4. The van der Waals surface area contributed by atoms with Crippen molar-refractivity contribution in [3.8, 4) is 0 Å². The number of nitrogens with zero attached hydrogens (tertiary/aromatic N) is 1. The van der Waals surface area contributed by atoms with Crippen molar-refractivity contribution in [1.82, 2.24) is 9.88 Å². The van der Waals surface area contributed by atoms with Gasteiger partial charge in [0.15, 0.2) is 5.78 Å². The van der Waals surface area contributed by atoms with E-state index in [9.17, 15) is 14.0 Å². The van der Waals surface area contributed by atoms with Crippen molar-refractivity contribution in [2.24, 2.45) is 0 Å². The van der Waals surface area contributed by atoms with Crippen molar-refractivity contribution in [1.29, 1.82) is 0 Å². The third-order valence-corrected chi connectivity index (χ3v) is 3.98. The van der Waals surface area contributed by atoms with Crippen LogP contribution in [0.3, 0.4) is 0 Å². The molecule has 1 aromatic heterocycles. The highest BCUT2D eigenvalue weighted by molar-refractivity contribution is 6.02. The van der Waals surface area contributed by atoms with Gasteiger partial charge in [-0.05, 0) is 51.1 Å². The van der Waals surface area contributed by atoms with Crippen molar-refractivity contribution in [2.75, 3.05) is 20.2 Å². The SMILES string of the molecule is CCOC(=O)c1c(C)[nH]c(C(=O)CN(C)Cc2ccc(F)cc2)c1C. The van der Waals surface area contributed by atoms with Crippen molar-refractivity contribution >= 4 is 11.8 Å². The number of esters is 1. The highest BCUT2D eigenvalue weighted by Gasteiger charge is 2.23. The van der Waals surface area contributed by atoms with Gasteiger partial charge in [-0.1, -0.05) is 12.1 Å². The lowest BCUT2D eigenvalue weighted by Gasteiger charge is -2.15. The van der Waals surface area contributed by atoms with Gasteiger partial charge in [0.05, 0.1) is 24.4 Å². The number of carbonyl (C=O) groups is 2. The van der Waals surface area contributed by atoms with Gasteiger partial charge >= 0.3 is 5.97 Å². The molecule has 0 amide bonds. The van der Waals surface area contributed by atoms with Crippen LogP contribution in [0.15, 0.2) is 24.3 Å². The van der Waals surface area contributed by atoms with Gasteiger partial charge in [0.2, 0.25) is 0 Å². The van der Waals surface area contributed by atoms with Gasteiger partial charge in [-0.3, -0.25) is 9.69 Å². The molecule has 0 bridgehead atoms. The molecule has 0 saturated carbocycles. The number of aromatic amines is 1. The quantitative estimate of drug-likeness (QED) is 0.617. The molecule has 1 aromatic carbocycles. The Morgan fingerprint density at radius 2 is 1.84 bits per heavy atom. The number of ketones is 1. The van der Waals surface area contributed by atoms with Crippen LogP contribution in [0.25, 0.3) is 0 Å². The summed E-state index contributed by atoms with van der Waals surface area (Å²) in [7, 11) is 1.82. The van der Waals surface area contributed by atoms with Gasteiger partial charge in [0.25, 0.3) is 0 Å². The second-order valence-electron chi connectivity index (χ2n) is 6.07. The summed E-state index contributed by atoms with van der Waals surface area (Å²) in [5.41, 5.74) is 3.00. The maximum absolute atomic E-state index is 13.0. The van der Waals surface area contributed by atoms with E-state index in [1.54, 1.807) is 32.9 Å². The van der Waals surface area contributed by atoms with E-state index in [0.29, 0.717) is 29.1 Å². The molecule has 0 unspecified atom stereocenters. The van der Waals surface area contributed by atoms with E-state index >= 15 is 0 Å². The molecule has 0 spiro atoms. The Hall–Kier alpha value is -2.47. The molecule has 0 aliphatic rings. The Bertz CT molecular complexity index is 766. The summed E-state index contributed by atoms with van der Waals surface area (Å²) in [5, 5.41) is 0. The Labute approximate surface area is 146 Å². The molecule has 0 saturated heterocycles. The summed E-state index contributed by atoms with van der Waals surface area (Å²) in [6.07, 6.45) is 0. The fourth-order valence-electron chi connectivity index (χ4n) is 2.82. The van der Waals surface area contributed by atoms with E-state index in [0.717, 1.165) is 5.56 Å². The smallest absolute Gasteiger partial charge is 0.340 e. The van der Waals surface area contributed by atoms with E-state index in [4.69, 9.17) is 4.74 Å². The molecule has 1 N–H and O–H groups in total. The van der Waals surface area contributed by atoms with Crippen LogP contribution in [0.4, 0.5) is 4.39 Å². The van der Waals surface area contributed by atoms with Crippen LogP contribution in [0.2, 0.25) is 0 Å². The molecule has 0 aliphatic carbocycles. The highest BCUT2D eigenvalue weighted by Crippen LogP contribution is 2.20. The molecule has 2 aromatic rings. The fourth-order valence-corrected chi connectivity index (χ4v) is 2.82. The number of carbonyl (C=O) groups excluding carboxylic acids is 2. The molecule has 6 heteroatoms. The number of halogens is 1. The van der Waals surface area contributed by atoms with E-state index < -0.39 is 5.97 Å². The number of benzene rings is 1. The second kappa shape index (κ2) is 8.07. The minimum absolute atomic E-state index is 0.110. The van der Waals surface area contributed by atoms with Crippen LogP contribution in [0.5, 0.6) is 0 Å². The average molecular weight is 346 g/mol. The summed E-state index contributed by atoms with van der Waals surface area (Å²) in [5.74, 6) is -0.820. The number of likely N-dealkylation sites (N-methyl/N-ethyl adjacent to an activating group) is 1. The van der Waals surface area contributed by atoms with Crippen LogP contribution in [-0.2, 0) is 11.3 Å². The summed E-state index contributed by atoms with van der Waals surface area (Å²) in [6, 6.07) is 6.18. The van der Waals surface area contributed by atoms with Crippen LogP contribution in [0.1, 0.15) is 44.6 Å². The first kappa shape index (κ1) is 18.9. The van der Waals surface area contributed by atoms with Crippen LogP contribution in [0, 0.1) is 19.7 Å². The molecule has 25 heavy (non-hydrogen) atoms. The fraction of sp³-hybridized carbons (Fsp3) is 0.368. The van der Waals surface area contributed by atoms with Gasteiger partial charge < -0.3 is 9.72 Å². The lowest BCUT2D eigenvalue weighted by Crippen LogP contribution is -2.26. The molecule has 0 fully saturated rings. The van der Waals surface area contributed by atoms with Crippen molar-refractivity contribution in [2.45, 2.75) is 27.3 Å². The van der Waals surface area contributed by atoms with Gasteiger partial charge in [0.1, 0.15) is 5.82 Å². The first-order valence-electron chi connectivity index (χ1n) is 8.16. The Kier molecular flexibility index (Phi) is 6.09. The number of nitrogens with one attached hydrogen (secondary N) is 1. The zero-order valence-electron chi connectivity index (χ0n) is 15.0. The summed E-state index contributed by atoms with van der Waals surface area (Å²) < 4.78 is 18.0. The molecule has 134 valence electrons. The predicted molar refractivity (Wildman–Crippen MR) is 93.3 cm³/mol. The van der Waals surface area contributed by atoms with Crippen molar-refractivity contribution in [3.63, 3.8) is 0 Å². The number of aryl methyl sites for hydroxylation is 1. The highest BCUT2D eigenvalue weighted by atomic mass is 19.1. The number of rotatable bonds is 7. The van der Waals surface area contributed by atoms with E-state index in [1.165, 1.54) is 12.1 Å². The molecule has 0 aliphatic heterocycles. The van der Waals surface area contributed by atoms with Crippen LogP contribution >= 0.6 is 0 Å². The topological polar surface area (TPSA) is 62.4 Å². The van der Waals surface area contributed by atoms with Crippen molar-refractivity contribution in [3.05, 3.63) is 58.2 Å². The van der Waals surface area contributed by atoms with Crippen molar-refractivity contribution < 1.29 is 18.7 Å². The maximum Gasteiger partial charge on any atom is 0.340 e. The molecule has 1 heterocycles. The van der Waals surface area contributed by atoms with Gasteiger partial charge in [0, 0.05) is 12.2 Å². The first-order chi connectivity index (χ1) is 11.8. The minimum atomic E-state index is -0.424. The van der Waals surface area contributed by atoms with Gasteiger partial charge in [-0.25, -0.2) is 9.18 Å². The van der Waals surface area contributed by atoms with E-state index in [2.05, 4.69) is 4.98 Å². The zero-order valence-corrected chi connectivity index (χ0v) is 15.0. The minimum Gasteiger partial charge on any atom is -0.462 e. The molecular formula is C19H23FN2O3. The standard InChI is InChI=1S/C19H23FN2O3/c1-5-25-19(24)17-12(2)18(21-13(17)3)16(23)11-22(4)10-14-6-8-15(20)9-7-14/h6-9,21H,5,10-11H2,1-4H3. The summed E-state index contributed by atoms with van der Waals surface area (Å²) in [6.45, 7) is 6.22. The maximum atomic E-state index is 13.0. The molecule has 2 rings (SSSR count). The number of aromatic nitrogens is 1. The number of H-pyrrole nitrogens is 1. The normalized spacial score (nSPS) is 11.0. The van der Waals surface area contributed by atoms with Gasteiger partial charge in [-0.15, -0.1) is 0 Å². The third kappa shape index (κ3) is 4.54. The van der Waals surface area contributed by atoms with Gasteiger partial charge in [-0.2, -0.15) is 0 Å². The Morgan fingerprint density at radius 3 is 2.44 bits per heavy atom. The lowest BCUT2D eigenvalue weighted by atomic mass is 10.1. The third-order valence-electron chi connectivity index (χ3n) is 3.98. The van der Waals surface area contributed by atoms with E-state index in [1.807, 2.05) is 11.9 Å². The van der Waals surface area contributed by atoms with Crippen LogP contribution in [-0.4, -0.2) is 41.8 Å². The predicted octanol–water partition coefficient (Wildman–Crippen LogP) is 3.26. The Balaban J connectivity index is 2.09. The Morgan fingerprint density at radius 1 is 1.20 bits per heavy atom. The largest absolute Gasteiger partial charge is 0.462 e.